The Hall–Kier alpha value is -3.01. The maximum Gasteiger partial charge on any atom is 0.453 e. The van der Waals surface area contributed by atoms with Crippen molar-refractivity contribution < 1.29 is 18.0 Å². The number of alkyl halides is 3. The first-order valence-electron chi connectivity index (χ1n) is 12.0. The maximum absolute atomic E-state index is 13.0. The van der Waals surface area contributed by atoms with Crippen molar-refractivity contribution in [3.63, 3.8) is 0 Å². The van der Waals surface area contributed by atoms with Crippen molar-refractivity contribution in [3.8, 4) is 0 Å². The summed E-state index contributed by atoms with van der Waals surface area (Å²) in [5, 5.41) is 6.47. The average molecular weight is 489 g/mol. The van der Waals surface area contributed by atoms with Crippen molar-refractivity contribution in [2.75, 3.05) is 13.1 Å². The van der Waals surface area contributed by atoms with E-state index in [9.17, 15) is 18.0 Å². The Kier molecular flexibility index (Phi) is 7.39. The molecule has 0 radical (unpaired) electrons. The highest BCUT2D eigenvalue weighted by atomic mass is 19.4. The number of carbonyl (C=O) groups is 1. The van der Waals surface area contributed by atoms with Crippen LogP contribution in [0.1, 0.15) is 60.1 Å². The fourth-order valence-electron chi connectivity index (χ4n) is 4.67. The number of nitrogens with one attached hydrogen (secondary N) is 1. The number of halogens is 3. The lowest BCUT2D eigenvalue weighted by Crippen LogP contribution is -2.33. The van der Waals surface area contributed by atoms with Crippen LogP contribution in [-0.4, -0.2) is 43.5 Å². The number of likely N-dealkylation sites (tertiary alicyclic amines) is 1. The Morgan fingerprint density at radius 3 is 2.54 bits per heavy atom. The molecule has 35 heavy (non-hydrogen) atoms. The molecule has 1 saturated heterocycles. The van der Waals surface area contributed by atoms with Gasteiger partial charge < -0.3 is 5.32 Å². The molecule has 0 bridgehead atoms. The SMILES string of the molecule is Cc1nc2nc(C(F)(F)F)nn2c(C)c1CCC(=O)NCc1ccc(CN2CCCC(C)C2)cc1. The molecule has 7 nitrogen and oxygen atoms in total. The van der Waals surface area contributed by atoms with Crippen molar-refractivity contribution in [2.24, 2.45) is 5.92 Å². The van der Waals surface area contributed by atoms with Crippen LogP contribution < -0.4 is 5.32 Å². The number of benzene rings is 1. The predicted octanol–water partition coefficient (Wildman–Crippen LogP) is 4.24. The minimum atomic E-state index is -4.64. The molecule has 1 amide bonds. The molecular formula is C25H31F3N6O. The zero-order chi connectivity index (χ0) is 25.2. The summed E-state index contributed by atoms with van der Waals surface area (Å²) in [6.45, 7) is 9.32. The van der Waals surface area contributed by atoms with Crippen LogP contribution in [0.2, 0.25) is 0 Å². The number of carbonyl (C=O) groups excluding carboxylic acids is 1. The molecule has 0 saturated carbocycles. The Labute approximate surface area is 202 Å². The molecule has 1 aliphatic heterocycles. The summed E-state index contributed by atoms with van der Waals surface area (Å²) in [7, 11) is 0. The molecule has 1 atom stereocenters. The second-order valence-corrected chi connectivity index (χ2v) is 9.48. The summed E-state index contributed by atoms with van der Waals surface area (Å²) in [6.07, 6.45) is -1.54. The van der Waals surface area contributed by atoms with E-state index in [1.165, 1.54) is 18.4 Å². The van der Waals surface area contributed by atoms with Crippen LogP contribution in [0.25, 0.3) is 5.78 Å². The van der Waals surface area contributed by atoms with E-state index in [0.717, 1.165) is 35.6 Å². The molecule has 188 valence electrons. The number of amides is 1. The van der Waals surface area contributed by atoms with Gasteiger partial charge in [0.15, 0.2) is 0 Å². The molecule has 1 unspecified atom stereocenters. The van der Waals surface area contributed by atoms with Gasteiger partial charge in [0, 0.05) is 37.4 Å². The van der Waals surface area contributed by atoms with Crippen molar-refractivity contribution in [1.29, 1.82) is 0 Å². The lowest BCUT2D eigenvalue weighted by Gasteiger charge is -2.30. The van der Waals surface area contributed by atoms with Gasteiger partial charge in [0.05, 0.1) is 0 Å². The third-order valence-electron chi connectivity index (χ3n) is 6.56. The first-order valence-corrected chi connectivity index (χ1v) is 12.0. The van der Waals surface area contributed by atoms with Gasteiger partial charge in [-0.05, 0) is 62.3 Å². The van der Waals surface area contributed by atoms with E-state index in [4.69, 9.17) is 0 Å². The molecule has 0 aliphatic carbocycles. The van der Waals surface area contributed by atoms with Crippen molar-refractivity contribution in [1.82, 2.24) is 29.8 Å². The van der Waals surface area contributed by atoms with Crippen LogP contribution >= 0.6 is 0 Å². The normalized spacial score (nSPS) is 17.1. The van der Waals surface area contributed by atoms with Crippen LogP contribution in [-0.2, 0) is 30.5 Å². The average Bonchev–Trinajstić information content (AvgIpc) is 3.23. The predicted molar refractivity (Wildman–Crippen MR) is 126 cm³/mol. The van der Waals surface area contributed by atoms with E-state index in [1.54, 1.807) is 13.8 Å². The van der Waals surface area contributed by atoms with Crippen LogP contribution in [0, 0.1) is 19.8 Å². The van der Waals surface area contributed by atoms with Crippen LogP contribution in [0.15, 0.2) is 24.3 Å². The van der Waals surface area contributed by atoms with Crippen LogP contribution in [0.4, 0.5) is 13.2 Å². The van der Waals surface area contributed by atoms with Crippen LogP contribution in [0.5, 0.6) is 0 Å². The number of fused-ring (bicyclic) bond motifs is 1. The van der Waals surface area contributed by atoms with Gasteiger partial charge in [-0.1, -0.05) is 31.2 Å². The Morgan fingerprint density at radius 1 is 1.14 bits per heavy atom. The number of nitrogens with zero attached hydrogens (tertiary/aromatic N) is 5. The topological polar surface area (TPSA) is 75.4 Å². The quantitative estimate of drug-likeness (QED) is 0.539. The smallest absolute Gasteiger partial charge is 0.352 e. The Bertz CT molecular complexity index is 1190. The summed E-state index contributed by atoms with van der Waals surface area (Å²) in [5.41, 5.74) is 4.03. The summed E-state index contributed by atoms with van der Waals surface area (Å²) >= 11 is 0. The number of hydrogen-bond donors (Lipinski definition) is 1. The number of aryl methyl sites for hydroxylation is 2. The van der Waals surface area contributed by atoms with Crippen molar-refractivity contribution >= 4 is 11.7 Å². The monoisotopic (exact) mass is 488 g/mol. The minimum Gasteiger partial charge on any atom is -0.352 e. The van der Waals surface area contributed by atoms with E-state index in [1.807, 2.05) is 12.1 Å². The highest BCUT2D eigenvalue weighted by molar-refractivity contribution is 5.76. The van der Waals surface area contributed by atoms with Crippen LogP contribution in [0.3, 0.4) is 0 Å². The van der Waals surface area contributed by atoms with Gasteiger partial charge in [-0.3, -0.25) is 9.69 Å². The minimum absolute atomic E-state index is 0.0984. The Morgan fingerprint density at radius 2 is 1.86 bits per heavy atom. The highest BCUT2D eigenvalue weighted by Gasteiger charge is 2.37. The molecule has 1 aromatic carbocycles. The summed E-state index contributed by atoms with van der Waals surface area (Å²) in [6, 6.07) is 8.31. The molecular weight excluding hydrogens is 457 g/mol. The first-order chi connectivity index (χ1) is 16.6. The second-order valence-electron chi connectivity index (χ2n) is 9.48. The molecule has 4 rings (SSSR count). The molecule has 1 N–H and O–H groups in total. The molecule has 1 aliphatic rings. The number of piperidine rings is 1. The molecule has 0 spiro atoms. The zero-order valence-corrected chi connectivity index (χ0v) is 20.3. The third kappa shape index (κ3) is 6.17. The standard InChI is InChI=1S/C25H31F3N6O/c1-16-5-4-12-33(14-16)15-20-8-6-19(7-9-20)13-29-22(35)11-10-21-17(2)30-24-31-23(25(26,27)28)32-34(24)18(21)3/h6-9,16H,4-5,10-15H2,1-3H3,(H,29,35). The van der Waals surface area contributed by atoms with Crippen molar-refractivity contribution in [2.45, 2.75) is 65.7 Å². The molecule has 3 heterocycles. The van der Waals surface area contributed by atoms with Crippen molar-refractivity contribution in [3.05, 3.63) is 58.2 Å². The molecule has 1 fully saturated rings. The third-order valence-corrected chi connectivity index (χ3v) is 6.56. The maximum atomic E-state index is 13.0. The molecule has 3 aromatic rings. The molecule has 2 aromatic heterocycles. The second kappa shape index (κ2) is 10.3. The van der Waals surface area contributed by atoms with E-state index < -0.39 is 12.0 Å². The first kappa shape index (κ1) is 25.1. The van der Waals surface area contributed by atoms with E-state index >= 15 is 0 Å². The zero-order valence-electron chi connectivity index (χ0n) is 20.3. The highest BCUT2D eigenvalue weighted by Crippen LogP contribution is 2.27. The van der Waals surface area contributed by atoms with Gasteiger partial charge in [-0.25, -0.2) is 9.50 Å². The van der Waals surface area contributed by atoms with Gasteiger partial charge in [-0.15, -0.1) is 5.10 Å². The number of rotatable bonds is 7. The lowest BCUT2D eigenvalue weighted by atomic mass is 9.99. The summed E-state index contributed by atoms with van der Waals surface area (Å²) < 4.78 is 40.0. The number of hydrogen-bond acceptors (Lipinski definition) is 5. The van der Waals surface area contributed by atoms with Gasteiger partial charge in [0.25, 0.3) is 11.6 Å². The van der Waals surface area contributed by atoms with Gasteiger partial charge in [-0.2, -0.15) is 18.2 Å². The summed E-state index contributed by atoms with van der Waals surface area (Å²) in [5.74, 6) is -0.709. The summed E-state index contributed by atoms with van der Waals surface area (Å²) in [4.78, 5) is 22.6. The number of aromatic nitrogens is 4. The largest absolute Gasteiger partial charge is 0.453 e. The Balaban J connectivity index is 1.30. The van der Waals surface area contributed by atoms with E-state index in [-0.39, 0.29) is 18.1 Å². The lowest BCUT2D eigenvalue weighted by molar-refractivity contribution is -0.144. The van der Waals surface area contributed by atoms with Gasteiger partial charge >= 0.3 is 6.18 Å². The van der Waals surface area contributed by atoms with E-state index in [0.29, 0.717) is 29.9 Å². The fourth-order valence-corrected chi connectivity index (χ4v) is 4.67. The fraction of sp³-hybridized carbons (Fsp3) is 0.520. The van der Waals surface area contributed by atoms with Gasteiger partial charge in [0.2, 0.25) is 5.91 Å². The van der Waals surface area contributed by atoms with E-state index in [2.05, 4.69) is 44.3 Å². The van der Waals surface area contributed by atoms with Gasteiger partial charge in [0.1, 0.15) is 0 Å². The molecule has 10 heteroatoms.